The molecule has 0 atom stereocenters. The van der Waals surface area contributed by atoms with Gasteiger partial charge >= 0.3 is 0 Å². The van der Waals surface area contributed by atoms with Crippen molar-refractivity contribution in [2.75, 3.05) is 18.4 Å². The standard InChI is InChI=1S/C11H13FN2O2/c12-9-4-8(1-2-10(9)15)14-11(16)3-7-5-13-6-7/h1-2,4,7,13,15H,3,5-6H2,(H,14,16). The summed E-state index contributed by atoms with van der Waals surface area (Å²) < 4.78 is 13.0. The van der Waals surface area contributed by atoms with Gasteiger partial charge in [0.15, 0.2) is 11.6 Å². The van der Waals surface area contributed by atoms with E-state index in [1.165, 1.54) is 12.1 Å². The van der Waals surface area contributed by atoms with E-state index in [1.807, 2.05) is 0 Å². The molecule has 1 aliphatic rings. The molecule has 0 saturated carbocycles. The van der Waals surface area contributed by atoms with Crippen LogP contribution in [-0.2, 0) is 4.79 Å². The number of anilines is 1. The number of hydrogen-bond donors (Lipinski definition) is 3. The third kappa shape index (κ3) is 2.49. The van der Waals surface area contributed by atoms with Gasteiger partial charge < -0.3 is 15.7 Å². The number of phenolic OH excluding ortho intramolecular Hbond substituents is 1. The molecule has 16 heavy (non-hydrogen) atoms. The molecule has 5 heteroatoms. The lowest BCUT2D eigenvalue weighted by Gasteiger charge is -2.26. The molecule has 2 rings (SSSR count). The lowest BCUT2D eigenvalue weighted by atomic mass is 9.99. The molecule has 1 aromatic carbocycles. The fourth-order valence-electron chi connectivity index (χ4n) is 1.55. The molecule has 1 amide bonds. The Balaban J connectivity index is 1.92. The van der Waals surface area contributed by atoms with Crippen LogP contribution in [0.15, 0.2) is 18.2 Å². The highest BCUT2D eigenvalue weighted by molar-refractivity contribution is 5.91. The minimum atomic E-state index is -0.733. The van der Waals surface area contributed by atoms with Gasteiger partial charge in [-0.3, -0.25) is 4.79 Å². The van der Waals surface area contributed by atoms with Crippen molar-refractivity contribution in [3.8, 4) is 5.75 Å². The van der Waals surface area contributed by atoms with E-state index in [9.17, 15) is 9.18 Å². The van der Waals surface area contributed by atoms with Gasteiger partial charge in [-0.1, -0.05) is 0 Å². The maximum atomic E-state index is 13.0. The summed E-state index contributed by atoms with van der Waals surface area (Å²) in [5, 5.41) is 14.6. The third-order valence-electron chi connectivity index (χ3n) is 2.57. The molecule has 1 aromatic rings. The Kier molecular flexibility index (Phi) is 3.05. The van der Waals surface area contributed by atoms with Gasteiger partial charge in [-0.2, -0.15) is 0 Å². The van der Waals surface area contributed by atoms with Crippen LogP contribution >= 0.6 is 0 Å². The zero-order chi connectivity index (χ0) is 11.5. The summed E-state index contributed by atoms with van der Waals surface area (Å²) in [6, 6.07) is 3.79. The van der Waals surface area contributed by atoms with Crippen LogP contribution in [0, 0.1) is 11.7 Å². The van der Waals surface area contributed by atoms with Crippen LogP contribution in [0.4, 0.5) is 10.1 Å². The topological polar surface area (TPSA) is 61.4 Å². The first-order valence-electron chi connectivity index (χ1n) is 5.14. The zero-order valence-electron chi connectivity index (χ0n) is 8.66. The average Bonchev–Trinajstić information content (AvgIpc) is 2.18. The Bertz CT molecular complexity index is 405. The van der Waals surface area contributed by atoms with Gasteiger partial charge in [0.2, 0.25) is 5.91 Å². The molecule has 1 fully saturated rings. The molecule has 0 aliphatic carbocycles. The second-order valence-electron chi connectivity index (χ2n) is 3.94. The number of phenols is 1. The summed E-state index contributed by atoms with van der Waals surface area (Å²) in [5.41, 5.74) is 0.368. The van der Waals surface area contributed by atoms with E-state index in [-0.39, 0.29) is 5.91 Å². The Morgan fingerprint density at radius 3 is 2.88 bits per heavy atom. The van der Waals surface area contributed by atoms with Gasteiger partial charge in [-0.05, 0) is 31.1 Å². The maximum Gasteiger partial charge on any atom is 0.224 e. The molecule has 4 nitrogen and oxygen atoms in total. The fraction of sp³-hybridized carbons (Fsp3) is 0.364. The Morgan fingerprint density at radius 2 is 2.31 bits per heavy atom. The van der Waals surface area contributed by atoms with Gasteiger partial charge in [0.25, 0.3) is 0 Å². The predicted molar refractivity (Wildman–Crippen MR) is 57.7 cm³/mol. The number of halogens is 1. The van der Waals surface area contributed by atoms with Crippen LogP contribution in [0.2, 0.25) is 0 Å². The Hall–Kier alpha value is -1.62. The molecule has 1 aliphatic heterocycles. The van der Waals surface area contributed by atoms with Crippen molar-refractivity contribution in [1.29, 1.82) is 0 Å². The van der Waals surface area contributed by atoms with Gasteiger partial charge in [0.1, 0.15) is 0 Å². The fourth-order valence-corrected chi connectivity index (χ4v) is 1.55. The van der Waals surface area contributed by atoms with Crippen molar-refractivity contribution >= 4 is 11.6 Å². The number of benzene rings is 1. The first kappa shape index (κ1) is 10.9. The summed E-state index contributed by atoms with van der Waals surface area (Å²) >= 11 is 0. The van der Waals surface area contributed by atoms with E-state index in [1.54, 1.807) is 0 Å². The summed E-state index contributed by atoms with van der Waals surface area (Å²) in [6.07, 6.45) is 0.440. The van der Waals surface area contributed by atoms with Crippen molar-refractivity contribution in [3.05, 3.63) is 24.0 Å². The van der Waals surface area contributed by atoms with Gasteiger partial charge in [-0.15, -0.1) is 0 Å². The van der Waals surface area contributed by atoms with Crippen LogP contribution in [0.3, 0.4) is 0 Å². The highest BCUT2D eigenvalue weighted by atomic mass is 19.1. The quantitative estimate of drug-likeness (QED) is 0.673. The Labute approximate surface area is 92.5 Å². The Morgan fingerprint density at radius 1 is 1.56 bits per heavy atom. The lowest BCUT2D eigenvalue weighted by molar-refractivity contribution is -0.117. The smallest absolute Gasteiger partial charge is 0.224 e. The molecule has 0 bridgehead atoms. The monoisotopic (exact) mass is 224 g/mol. The number of rotatable bonds is 3. The molecule has 1 heterocycles. The molecular formula is C11H13FN2O2. The molecule has 0 spiro atoms. The largest absolute Gasteiger partial charge is 0.505 e. The first-order chi connectivity index (χ1) is 7.65. The highest BCUT2D eigenvalue weighted by Crippen LogP contribution is 2.20. The van der Waals surface area contributed by atoms with Crippen molar-refractivity contribution in [2.45, 2.75) is 6.42 Å². The SMILES string of the molecule is O=C(CC1CNC1)Nc1ccc(O)c(F)c1. The van der Waals surface area contributed by atoms with Crippen molar-refractivity contribution in [3.63, 3.8) is 0 Å². The van der Waals surface area contributed by atoms with E-state index in [2.05, 4.69) is 10.6 Å². The molecule has 86 valence electrons. The summed E-state index contributed by atoms with van der Waals surface area (Å²) in [5.74, 6) is -0.900. The van der Waals surface area contributed by atoms with E-state index in [4.69, 9.17) is 5.11 Å². The van der Waals surface area contributed by atoms with Gasteiger partial charge in [0.05, 0.1) is 0 Å². The van der Waals surface area contributed by atoms with Crippen LogP contribution in [-0.4, -0.2) is 24.1 Å². The summed E-state index contributed by atoms with van der Waals surface area (Å²) in [6.45, 7) is 1.72. The van der Waals surface area contributed by atoms with E-state index >= 15 is 0 Å². The zero-order valence-corrected chi connectivity index (χ0v) is 8.66. The van der Waals surface area contributed by atoms with Crippen LogP contribution in [0.5, 0.6) is 5.75 Å². The number of hydrogen-bond acceptors (Lipinski definition) is 3. The van der Waals surface area contributed by atoms with Crippen molar-refractivity contribution in [1.82, 2.24) is 5.32 Å². The molecule has 0 aromatic heterocycles. The number of amides is 1. The van der Waals surface area contributed by atoms with Crippen LogP contribution in [0.1, 0.15) is 6.42 Å². The normalized spacial score (nSPS) is 15.6. The molecular weight excluding hydrogens is 211 g/mol. The first-order valence-corrected chi connectivity index (χ1v) is 5.14. The third-order valence-corrected chi connectivity index (χ3v) is 2.57. The van der Waals surface area contributed by atoms with Gasteiger partial charge in [-0.25, -0.2) is 4.39 Å². The lowest BCUT2D eigenvalue weighted by Crippen LogP contribution is -2.43. The number of carbonyl (C=O) groups excluding carboxylic acids is 1. The second-order valence-corrected chi connectivity index (χ2v) is 3.94. The maximum absolute atomic E-state index is 13.0. The van der Waals surface area contributed by atoms with Crippen molar-refractivity contribution < 1.29 is 14.3 Å². The molecule has 0 unspecified atom stereocenters. The molecule has 0 radical (unpaired) electrons. The van der Waals surface area contributed by atoms with Gasteiger partial charge in [0, 0.05) is 18.2 Å². The second kappa shape index (κ2) is 4.49. The van der Waals surface area contributed by atoms with E-state index in [0.717, 1.165) is 19.2 Å². The highest BCUT2D eigenvalue weighted by Gasteiger charge is 2.20. The minimum Gasteiger partial charge on any atom is -0.505 e. The minimum absolute atomic E-state index is 0.128. The molecule has 1 saturated heterocycles. The van der Waals surface area contributed by atoms with Crippen LogP contribution < -0.4 is 10.6 Å². The average molecular weight is 224 g/mol. The number of aromatic hydroxyl groups is 1. The van der Waals surface area contributed by atoms with Crippen molar-refractivity contribution in [2.24, 2.45) is 5.92 Å². The summed E-state index contributed by atoms with van der Waals surface area (Å²) in [7, 11) is 0. The number of carbonyl (C=O) groups is 1. The predicted octanol–water partition coefficient (Wildman–Crippen LogP) is 1.08. The number of nitrogens with one attached hydrogen (secondary N) is 2. The molecule has 3 N–H and O–H groups in total. The summed E-state index contributed by atoms with van der Waals surface area (Å²) in [4.78, 5) is 11.5. The van der Waals surface area contributed by atoms with Crippen LogP contribution in [0.25, 0.3) is 0 Å². The van der Waals surface area contributed by atoms with E-state index < -0.39 is 11.6 Å². The van der Waals surface area contributed by atoms with E-state index in [0.29, 0.717) is 18.0 Å².